The van der Waals surface area contributed by atoms with Crippen LogP contribution in [0.2, 0.25) is 0 Å². The van der Waals surface area contributed by atoms with E-state index in [1.54, 1.807) is 0 Å². The highest BCUT2D eigenvalue weighted by Gasteiger charge is 2.32. The fourth-order valence-electron chi connectivity index (χ4n) is 2.54. The number of halogens is 1. The van der Waals surface area contributed by atoms with Gasteiger partial charge in [0.25, 0.3) is 0 Å². The normalized spacial score (nSPS) is 15.8. The first kappa shape index (κ1) is 17.3. The molecule has 1 atom stereocenters. The van der Waals surface area contributed by atoms with Gasteiger partial charge in [0, 0.05) is 19.1 Å². The number of nitrogens with zero attached hydrogens (tertiary/aromatic N) is 1. The van der Waals surface area contributed by atoms with Gasteiger partial charge < -0.3 is 10.5 Å². The van der Waals surface area contributed by atoms with Crippen LogP contribution in [0.5, 0.6) is 5.75 Å². The van der Waals surface area contributed by atoms with Gasteiger partial charge in [0.2, 0.25) is 0 Å². The van der Waals surface area contributed by atoms with Gasteiger partial charge in [0.1, 0.15) is 12.4 Å². The van der Waals surface area contributed by atoms with Crippen molar-refractivity contribution >= 4 is 12.4 Å². The fourth-order valence-corrected chi connectivity index (χ4v) is 2.54. The second kappa shape index (κ2) is 7.87. The van der Waals surface area contributed by atoms with E-state index in [1.807, 2.05) is 0 Å². The van der Waals surface area contributed by atoms with Gasteiger partial charge in [-0.1, -0.05) is 12.1 Å². The first-order chi connectivity index (χ1) is 9.11. The number of nitrogens with two attached hydrogens (primary N) is 1. The van der Waals surface area contributed by atoms with Crippen molar-refractivity contribution in [2.75, 3.05) is 26.7 Å². The zero-order valence-corrected chi connectivity index (χ0v) is 13.6. The van der Waals surface area contributed by atoms with Gasteiger partial charge in [-0.15, -0.1) is 12.4 Å². The van der Waals surface area contributed by atoms with Crippen molar-refractivity contribution in [3.8, 4) is 5.75 Å². The second-order valence-electron chi connectivity index (χ2n) is 5.74. The maximum absolute atomic E-state index is 5.90. The third kappa shape index (κ3) is 4.65. The number of benzene rings is 1. The summed E-state index contributed by atoms with van der Waals surface area (Å²) in [6, 6.07) is 6.87. The molecule has 4 heteroatoms. The molecule has 1 fully saturated rings. The van der Waals surface area contributed by atoms with E-state index in [0.29, 0.717) is 6.04 Å². The topological polar surface area (TPSA) is 38.5 Å². The van der Waals surface area contributed by atoms with Crippen LogP contribution in [-0.2, 0) is 0 Å². The molecule has 0 aromatic heterocycles. The van der Waals surface area contributed by atoms with Crippen molar-refractivity contribution in [1.82, 2.24) is 4.90 Å². The maximum atomic E-state index is 5.90. The first-order valence-corrected chi connectivity index (χ1v) is 7.22. The molecule has 1 aliphatic carbocycles. The average Bonchev–Trinajstić information content (AvgIpc) is 3.19. The van der Waals surface area contributed by atoms with Crippen molar-refractivity contribution in [2.45, 2.75) is 32.7 Å². The fraction of sp³-hybridized carbons (Fsp3) is 0.625. The van der Waals surface area contributed by atoms with E-state index in [1.165, 1.54) is 24.0 Å². The molecule has 1 aliphatic rings. The van der Waals surface area contributed by atoms with Crippen molar-refractivity contribution < 1.29 is 4.74 Å². The van der Waals surface area contributed by atoms with Crippen molar-refractivity contribution in [3.05, 3.63) is 29.3 Å². The highest BCUT2D eigenvalue weighted by Crippen LogP contribution is 2.34. The minimum absolute atomic E-state index is 0. The number of likely N-dealkylation sites (N-methyl/N-ethyl adjacent to an activating group) is 1. The van der Waals surface area contributed by atoms with E-state index < -0.39 is 0 Å². The molecule has 2 rings (SSSR count). The molecule has 20 heavy (non-hydrogen) atoms. The van der Waals surface area contributed by atoms with Gasteiger partial charge in [-0.2, -0.15) is 0 Å². The summed E-state index contributed by atoms with van der Waals surface area (Å²) in [7, 11) is 2.16. The Labute approximate surface area is 128 Å². The third-order valence-corrected chi connectivity index (χ3v) is 4.02. The summed E-state index contributed by atoms with van der Waals surface area (Å²) in [5.74, 6) is 1.82. The van der Waals surface area contributed by atoms with Gasteiger partial charge in [0.15, 0.2) is 0 Å². The molecule has 0 amide bonds. The standard InChI is InChI=1S/C16H26N2O.ClH/c1-12-4-5-13(2)16(10-12)19-9-8-18(3)15(11-17)14-6-7-14;/h4-5,10,14-15H,6-9,11,17H2,1-3H3;1H. The molecule has 0 heterocycles. The Bertz CT molecular complexity index is 421. The van der Waals surface area contributed by atoms with Crippen LogP contribution in [0.1, 0.15) is 24.0 Å². The molecule has 3 nitrogen and oxygen atoms in total. The highest BCUT2D eigenvalue weighted by molar-refractivity contribution is 5.85. The van der Waals surface area contributed by atoms with Gasteiger partial charge in [-0.25, -0.2) is 0 Å². The molecule has 0 spiro atoms. The van der Waals surface area contributed by atoms with Crippen molar-refractivity contribution in [1.29, 1.82) is 0 Å². The van der Waals surface area contributed by atoms with E-state index in [2.05, 4.69) is 44.0 Å². The quantitative estimate of drug-likeness (QED) is 0.841. The Kier molecular flexibility index (Phi) is 6.80. The first-order valence-electron chi connectivity index (χ1n) is 7.22. The SMILES string of the molecule is Cc1ccc(C)c(OCCN(C)C(CN)C2CC2)c1.Cl. The summed E-state index contributed by atoms with van der Waals surface area (Å²) in [5, 5.41) is 0. The van der Waals surface area contributed by atoms with E-state index >= 15 is 0 Å². The van der Waals surface area contributed by atoms with E-state index in [4.69, 9.17) is 10.5 Å². The summed E-state index contributed by atoms with van der Waals surface area (Å²) in [6.45, 7) is 6.60. The molecule has 0 bridgehead atoms. The minimum Gasteiger partial charge on any atom is -0.492 e. The van der Waals surface area contributed by atoms with Gasteiger partial charge >= 0.3 is 0 Å². The van der Waals surface area contributed by atoms with Gasteiger partial charge in [-0.05, 0) is 56.8 Å². The summed E-state index contributed by atoms with van der Waals surface area (Å²) in [6.07, 6.45) is 2.67. The highest BCUT2D eigenvalue weighted by atomic mass is 35.5. The lowest BCUT2D eigenvalue weighted by Crippen LogP contribution is -2.41. The van der Waals surface area contributed by atoms with E-state index in [9.17, 15) is 0 Å². The second-order valence-corrected chi connectivity index (χ2v) is 5.74. The van der Waals surface area contributed by atoms with Crippen LogP contribution in [0.3, 0.4) is 0 Å². The molecule has 1 aromatic carbocycles. The number of hydrogen-bond acceptors (Lipinski definition) is 3. The Morgan fingerprint density at radius 3 is 2.65 bits per heavy atom. The number of hydrogen-bond donors (Lipinski definition) is 1. The zero-order chi connectivity index (χ0) is 13.8. The molecular formula is C16H27ClN2O. The van der Waals surface area contributed by atoms with Crippen LogP contribution in [0.25, 0.3) is 0 Å². The predicted molar refractivity (Wildman–Crippen MR) is 86.9 cm³/mol. The molecule has 0 saturated heterocycles. The summed E-state index contributed by atoms with van der Waals surface area (Å²) >= 11 is 0. The largest absolute Gasteiger partial charge is 0.492 e. The molecule has 1 saturated carbocycles. The van der Waals surface area contributed by atoms with Crippen LogP contribution >= 0.6 is 12.4 Å². The van der Waals surface area contributed by atoms with Crippen LogP contribution in [0.4, 0.5) is 0 Å². The number of rotatable bonds is 7. The number of aryl methyl sites for hydroxylation is 2. The van der Waals surface area contributed by atoms with Crippen molar-refractivity contribution in [3.63, 3.8) is 0 Å². The summed E-state index contributed by atoms with van der Waals surface area (Å²) < 4.78 is 5.90. The Balaban J connectivity index is 0.00000200. The zero-order valence-electron chi connectivity index (χ0n) is 12.8. The smallest absolute Gasteiger partial charge is 0.122 e. The van der Waals surface area contributed by atoms with Crippen LogP contribution in [0, 0.1) is 19.8 Å². The molecular weight excluding hydrogens is 272 g/mol. The van der Waals surface area contributed by atoms with Gasteiger partial charge in [0.05, 0.1) is 0 Å². The summed E-state index contributed by atoms with van der Waals surface area (Å²) in [5.41, 5.74) is 8.30. The predicted octanol–water partition coefficient (Wildman–Crippen LogP) is 2.77. The lowest BCUT2D eigenvalue weighted by Gasteiger charge is -2.26. The third-order valence-electron chi connectivity index (χ3n) is 4.02. The molecule has 2 N–H and O–H groups in total. The Hall–Kier alpha value is -0.770. The van der Waals surface area contributed by atoms with Crippen LogP contribution < -0.4 is 10.5 Å². The lowest BCUT2D eigenvalue weighted by molar-refractivity contribution is 0.179. The maximum Gasteiger partial charge on any atom is 0.122 e. The lowest BCUT2D eigenvalue weighted by atomic mass is 10.1. The molecule has 1 unspecified atom stereocenters. The molecule has 0 aliphatic heterocycles. The summed E-state index contributed by atoms with van der Waals surface area (Å²) in [4.78, 5) is 2.35. The van der Waals surface area contributed by atoms with Gasteiger partial charge in [-0.3, -0.25) is 4.90 Å². The molecule has 0 radical (unpaired) electrons. The van der Waals surface area contributed by atoms with Crippen LogP contribution in [0.15, 0.2) is 18.2 Å². The van der Waals surface area contributed by atoms with E-state index in [0.717, 1.165) is 31.4 Å². The average molecular weight is 299 g/mol. The molecule has 114 valence electrons. The molecule has 1 aromatic rings. The number of ether oxygens (including phenoxy) is 1. The monoisotopic (exact) mass is 298 g/mol. The van der Waals surface area contributed by atoms with Crippen LogP contribution in [-0.4, -0.2) is 37.7 Å². The Morgan fingerprint density at radius 2 is 2.05 bits per heavy atom. The van der Waals surface area contributed by atoms with E-state index in [-0.39, 0.29) is 12.4 Å². The van der Waals surface area contributed by atoms with Crippen molar-refractivity contribution in [2.24, 2.45) is 11.7 Å². The minimum atomic E-state index is 0. The Morgan fingerprint density at radius 1 is 1.35 bits per heavy atom.